The summed E-state index contributed by atoms with van der Waals surface area (Å²) in [5, 5.41) is 4.77. The van der Waals surface area contributed by atoms with Crippen molar-refractivity contribution in [3.8, 4) is 17.1 Å². The Morgan fingerprint density at radius 3 is 2.72 bits per heavy atom. The van der Waals surface area contributed by atoms with Crippen LogP contribution in [0.1, 0.15) is 12.8 Å². The molecule has 3 saturated heterocycles. The summed E-state index contributed by atoms with van der Waals surface area (Å²) in [6, 6.07) is 12.0. The maximum absolute atomic E-state index is 13.4. The van der Waals surface area contributed by atoms with Gasteiger partial charge in [-0.15, -0.1) is 0 Å². The lowest BCUT2D eigenvalue weighted by molar-refractivity contribution is 0.0976. The number of aromatic nitrogens is 3. The number of H-pyrrole nitrogens is 2. The van der Waals surface area contributed by atoms with Crippen LogP contribution in [0.5, 0.6) is 5.75 Å². The number of ether oxygens (including phenoxy) is 1. The zero-order valence-corrected chi connectivity index (χ0v) is 19.3. The van der Waals surface area contributed by atoms with E-state index in [1.165, 1.54) is 25.9 Å². The second-order valence-corrected chi connectivity index (χ2v) is 9.67. The van der Waals surface area contributed by atoms with Gasteiger partial charge in [0.05, 0.1) is 29.3 Å². The Kier molecular flexibility index (Phi) is 4.73. The second kappa shape index (κ2) is 7.64. The van der Waals surface area contributed by atoms with Gasteiger partial charge in [0, 0.05) is 28.5 Å². The van der Waals surface area contributed by atoms with E-state index in [9.17, 15) is 4.79 Å². The number of methoxy groups -OCH3 is 1. The molecule has 3 N–H and O–H groups in total. The number of nitrogens with one attached hydrogen (secondary N) is 3. The van der Waals surface area contributed by atoms with Gasteiger partial charge in [-0.1, -0.05) is 15.9 Å². The van der Waals surface area contributed by atoms with Crippen molar-refractivity contribution < 1.29 is 4.74 Å². The SMILES string of the molecule is COc1ccc2nc(-c3c(N[C@H]4CN5CCC4CC5)c4ccc(Br)cc4[nH]c3=O)[nH]c2c1. The summed E-state index contributed by atoms with van der Waals surface area (Å²) in [4.78, 5) is 27.0. The van der Waals surface area contributed by atoms with Crippen LogP contribution < -0.4 is 15.6 Å². The lowest BCUT2D eigenvalue weighted by atomic mass is 9.83. The minimum Gasteiger partial charge on any atom is -0.497 e. The van der Waals surface area contributed by atoms with E-state index in [0.717, 1.165) is 44.4 Å². The van der Waals surface area contributed by atoms with Crippen molar-refractivity contribution in [2.75, 3.05) is 32.1 Å². The van der Waals surface area contributed by atoms with Crippen LogP contribution in [-0.4, -0.2) is 52.6 Å². The number of aromatic amines is 2. The summed E-state index contributed by atoms with van der Waals surface area (Å²) in [7, 11) is 1.64. The number of piperidine rings is 3. The summed E-state index contributed by atoms with van der Waals surface area (Å²) in [5.74, 6) is 1.93. The summed E-state index contributed by atoms with van der Waals surface area (Å²) in [6.45, 7) is 3.35. The van der Waals surface area contributed by atoms with E-state index in [0.29, 0.717) is 23.3 Å². The summed E-state index contributed by atoms with van der Waals surface area (Å²) in [6.07, 6.45) is 2.40. The maximum Gasteiger partial charge on any atom is 0.261 e. The number of benzene rings is 2. The highest BCUT2D eigenvalue weighted by Gasteiger charge is 2.35. The molecule has 3 aliphatic rings. The number of fused-ring (bicyclic) bond motifs is 5. The van der Waals surface area contributed by atoms with Crippen LogP contribution in [-0.2, 0) is 0 Å². The molecule has 5 heterocycles. The zero-order chi connectivity index (χ0) is 21.8. The molecule has 4 aromatic rings. The maximum atomic E-state index is 13.4. The van der Waals surface area contributed by atoms with E-state index in [4.69, 9.17) is 9.72 Å². The Hall–Kier alpha value is -2.84. The van der Waals surface area contributed by atoms with Crippen LogP contribution in [0.3, 0.4) is 0 Å². The van der Waals surface area contributed by atoms with Crippen LogP contribution in [0.25, 0.3) is 33.3 Å². The molecule has 3 aliphatic heterocycles. The minimum atomic E-state index is -0.162. The fraction of sp³-hybridized carbons (Fsp3) is 0.333. The average Bonchev–Trinajstić information content (AvgIpc) is 3.22. The topological polar surface area (TPSA) is 86.0 Å². The van der Waals surface area contributed by atoms with Crippen molar-refractivity contribution in [1.29, 1.82) is 0 Å². The van der Waals surface area contributed by atoms with Crippen molar-refractivity contribution in [1.82, 2.24) is 19.9 Å². The molecule has 1 atom stereocenters. The van der Waals surface area contributed by atoms with Crippen molar-refractivity contribution in [3.63, 3.8) is 0 Å². The summed E-state index contributed by atoms with van der Waals surface area (Å²) in [5.41, 5.74) is 3.67. The smallest absolute Gasteiger partial charge is 0.261 e. The highest BCUT2D eigenvalue weighted by molar-refractivity contribution is 9.10. The van der Waals surface area contributed by atoms with Crippen molar-refractivity contribution in [3.05, 3.63) is 51.2 Å². The van der Waals surface area contributed by atoms with E-state index in [1.807, 2.05) is 36.4 Å². The number of hydrogen-bond donors (Lipinski definition) is 3. The molecule has 8 heteroatoms. The predicted octanol–water partition coefficient (Wildman–Crippen LogP) is 4.35. The number of rotatable bonds is 4. The first-order valence-corrected chi connectivity index (χ1v) is 11.8. The molecule has 0 aliphatic carbocycles. The Morgan fingerprint density at radius 1 is 1.12 bits per heavy atom. The molecular weight excluding hydrogens is 470 g/mol. The van der Waals surface area contributed by atoms with Crippen LogP contribution in [0.4, 0.5) is 5.69 Å². The Morgan fingerprint density at radius 2 is 1.97 bits per heavy atom. The predicted molar refractivity (Wildman–Crippen MR) is 130 cm³/mol. The first-order chi connectivity index (χ1) is 15.6. The molecular formula is C24H24BrN5O2. The van der Waals surface area contributed by atoms with Gasteiger partial charge in [-0.3, -0.25) is 4.79 Å². The van der Waals surface area contributed by atoms with Crippen molar-refractivity contribution in [2.24, 2.45) is 5.92 Å². The second-order valence-electron chi connectivity index (χ2n) is 8.75. The highest BCUT2D eigenvalue weighted by Crippen LogP contribution is 2.36. The molecule has 0 unspecified atom stereocenters. The molecule has 2 aromatic carbocycles. The molecule has 32 heavy (non-hydrogen) atoms. The first kappa shape index (κ1) is 19.8. The fourth-order valence-electron chi connectivity index (χ4n) is 5.19. The molecule has 0 saturated carbocycles. The largest absolute Gasteiger partial charge is 0.497 e. The third-order valence-corrected chi connectivity index (χ3v) is 7.38. The lowest BCUT2D eigenvalue weighted by Gasteiger charge is -2.45. The molecule has 7 rings (SSSR count). The standard InChI is InChI=1S/C24H24BrN5O2/c1-32-15-3-5-17-19(11-15)28-23(27-17)21-22(26-20-12-30-8-6-13(20)7-9-30)16-4-2-14(25)10-18(16)29-24(21)31/h2-5,10-11,13,20H,6-9,12H2,1H3,(H,27,28)(H2,26,29,31)/t20-/m0/s1. The van der Waals surface area contributed by atoms with Crippen LogP contribution in [0.15, 0.2) is 45.7 Å². The molecule has 164 valence electrons. The van der Waals surface area contributed by atoms with Gasteiger partial charge in [0.1, 0.15) is 17.1 Å². The molecule has 2 bridgehead atoms. The number of anilines is 1. The highest BCUT2D eigenvalue weighted by atomic mass is 79.9. The van der Waals surface area contributed by atoms with Crippen LogP contribution in [0.2, 0.25) is 0 Å². The van der Waals surface area contributed by atoms with Gasteiger partial charge in [0.25, 0.3) is 5.56 Å². The molecule has 0 amide bonds. The van der Waals surface area contributed by atoms with Gasteiger partial charge >= 0.3 is 0 Å². The van der Waals surface area contributed by atoms with E-state index < -0.39 is 0 Å². The summed E-state index contributed by atoms with van der Waals surface area (Å²) < 4.78 is 6.27. The van der Waals surface area contributed by atoms with Crippen LogP contribution in [0, 0.1) is 5.92 Å². The molecule has 0 radical (unpaired) electrons. The third kappa shape index (κ3) is 3.29. The number of halogens is 1. The molecule has 7 nitrogen and oxygen atoms in total. The zero-order valence-electron chi connectivity index (χ0n) is 17.7. The Balaban J connectivity index is 1.54. The van der Waals surface area contributed by atoms with Crippen LogP contribution >= 0.6 is 15.9 Å². The first-order valence-electron chi connectivity index (χ1n) is 11.0. The van der Waals surface area contributed by atoms with Gasteiger partial charge in [0.15, 0.2) is 0 Å². The van der Waals surface area contributed by atoms with Gasteiger partial charge in [-0.2, -0.15) is 0 Å². The fourth-order valence-corrected chi connectivity index (χ4v) is 5.56. The van der Waals surface area contributed by atoms with E-state index >= 15 is 0 Å². The van der Waals surface area contributed by atoms with Crippen molar-refractivity contribution >= 4 is 43.6 Å². The number of imidazole rings is 1. The average molecular weight is 494 g/mol. The van der Waals surface area contributed by atoms with E-state index in [-0.39, 0.29) is 5.56 Å². The van der Waals surface area contributed by atoms with Gasteiger partial charge in [-0.05, 0) is 62.2 Å². The third-order valence-electron chi connectivity index (χ3n) is 6.89. The molecule has 2 aromatic heterocycles. The Bertz CT molecular complexity index is 1390. The number of hydrogen-bond acceptors (Lipinski definition) is 5. The molecule has 3 fully saturated rings. The normalized spacial score (nSPS) is 22.5. The monoisotopic (exact) mass is 493 g/mol. The Labute approximate surface area is 193 Å². The van der Waals surface area contributed by atoms with Crippen molar-refractivity contribution in [2.45, 2.75) is 18.9 Å². The number of nitrogens with zero attached hydrogens (tertiary/aromatic N) is 2. The van der Waals surface area contributed by atoms with Gasteiger partial charge < -0.3 is 24.9 Å². The van der Waals surface area contributed by atoms with E-state index in [1.54, 1.807) is 7.11 Å². The van der Waals surface area contributed by atoms with Gasteiger partial charge in [-0.25, -0.2) is 4.98 Å². The minimum absolute atomic E-state index is 0.162. The lowest BCUT2D eigenvalue weighted by Crippen LogP contribution is -2.53. The molecule has 0 spiro atoms. The quantitative estimate of drug-likeness (QED) is 0.393. The van der Waals surface area contributed by atoms with Gasteiger partial charge in [0.2, 0.25) is 0 Å². The van der Waals surface area contributed by atoms with E-state index in [2.05, 4.69) is 36.1 Å². The number of pyridine rings is 1. The summed E-state index contributed by atoms with van der Waals surface area (Å²) >= 11 is 3.53.